The summed E-state index contributed by atoms with van der Waals surface area (Å²) in [6, 6.07) is 2.16. The molecule has 1 heterocycles. The summed E-state index contributed by atoms with van der Waals surface area (Å²) in [7, 11) is 0. The highest BCUT2D eigenvalue weighted by molar-refractivity contribution is 7.07. The van der Waals surface area contributed by atoms with Crippen LogP contribution in [0.2, 0.25) is 0 Å². The molecule has 0 aromatic carbocycles. The Morgan fingerprint density at radius 3 is 3.00 bits per heavy atom. The van der Waals surface area contributed by atoms with Crippen molar-refractivity contribution in [2.45, 2.75) is 25.7 Å². The van der Waals surface area contributed by atoms with Crippen LogP contribution in [-0.4, -0.2) is 0 Å². The van der Waals surface area contributed by atoms with Gasteiger partial charge in [-0.25, -0.2) is 0 Å². The first kappa shape index (κ1) is 8.36. The standard InChI is InChI=1S/C10H12S/c1-3-5-9(4-2)10-6-7-11-8-10/h1,6-9H,4-5H2,2H3. The first-order valence-electron chi connectivity index (χ1n) is 3.84. The fraction of sp³-hybridized carbons (Fsp3) is 0.400. The number of hydrogen-bond acceptors (Lipinski definition) is 1. The average Bonchev–Trinajstić information content (AvgIpc) is 2.52. The molecule has 1 unspecified atom stereocenters. The van der Waals surface area contributed by atoms with E-state index in [-0.39, 0.29) is 0 Å². The molecular formula is C10H12S. The minimum atomic E-state index is 0.575. The zero-order valence-electron chi connectivity index (χ0n) is 6.71. The zero-order valence-corrected chi connectivity index (χ0v) is 7.53. The fourth-order valence-electron chi connectivity index (χ4n) is 1.15. The summed E-state index contributed by atoms with van der Waals surface area (Å²) in [5.41, 5.74) is 1.40. The highest BCUT2D eigenvalue weighted by atomic mass is 32.1. The van der Waals surface area contributed by atoms with Crippen LogP contribution < -0.4 is 0 Å². The molecule has 0 nitrogen and oxygen atoms in total. The van der Waals surface area contributed by atoms with E-state index in [1.54, 1.807) is 11.3 Å². The normalized spacial score (nSPS) is 12.4. The third-order valence-corrected chi connectivity index (χ3v) is 2.57. The lowest BCUT2D eigenvalue weighted by Gasteiger charge is -2.07. The molecular weight excluding hydrogens is 152 g/mol. The molecule has 1 atom stereocenters. The van der Waals surface area contributed by atoms with Crippen molar-refractivity contribution in [1.29, 1.82) is 0 Å². The Hall–Kier alpha value is -0.740. The van der Waals surface area contributed by atoms with Crippen LogP contribution in [0.3, 0.4) is 0 Å². The summed E-state index contributed by atoms with van der Waals surface area (Å²) in [6.45, 7) is 2.18. The molecule has 0 saturated heterocycles. The molecule has 0 fully saturated rings. The van der Waals surface area contributed by atoms with E-state index in [2.05, 4.69) is 29.7 Å². The quantitative estimate of drug-likeness (QED) is 0.601. The predicted octanol–water partition coefficient (Wildman–Crippen LogP) is 3.27. The summed E-state index contributed by atoms with van der Waals surface area (Å²) in [5, 5.41) is 4.29. The molecule has 0 saturated carbocycles. The predicted molar refractivity (Wildman–Crippen MR) is 50.8 cm³/mol. The highest BCUT2D eigenvalue weighted by Crippen LogP contribution is 2.24. The van der Waals surface area contributed by atoms with Gasteiger partial charge in [0.05, 0.1) is 0 Å². The van der Waals surface area contributed by atoms with E-state index in [0.717, 1.165) is 12.8 Å². The molecule has 0 aliphatic rings. The first-order chi connectivity index (χ1) is 5.38. The molecule has 1 aromatic rings. The van der Waals surface area contributed by atoms with Crippen LogP contribution in [0, 0.1) is 12.3 Å². The van der Waals surface area contributed by atoms with Gasteiger partial charge >= 0.3 is 0 Å². The minimum Gasteiger partial charge on any atom is -0.152 e. The van der Waals surface area contributed by atoms with E-state index in [4.69, 9.17) is 6.42 Å². The van der Waals surface area contributed by atoms with Gasteiger partial charge in [0.2, 0.25) is 0 Å². The third kappa shape index (κ3) is 2.10. The maximum Gasteiger partial charge on any atom is 0.0155 e. The molecule has 0 N–H and O–H groups in total. The van der Waals surface area contributed by atoms with Gasteiger partial charge in [0.15, 0.2) is 0 Å². The average molecular weight is 164 g/mol. The van der Waals surface area contributed by atoms with Crippen molar-refractivity contribution >= 4 is 11.3 Å². The molecule has 0 amide bonds. The second kappa shape index (κ2) is 4.20. The third-order valence-electron chi connectivity index (χ3n) is 1.87. The Morgan fingerprint density at radius 2 is 2.55 bits per heavy atom. The number of rotatable bonds is 3. The van der Waals surface area contributed by atoms with E-state index < -0.39 is 0 Å². The van der Waals surface area contributed by atoms with Crippen LogP contribution in [0.15, 0.2) is 16.8 Å². The van der Waals surface area contributed by atoms with Crippen LogP contribution in [0.25, 0.3) is 0 Å². The monoisotopic (exact) mass is 164 g/mol. The maximum absolute atomic E-state index is 5.26. The van der Waals surface area contributed by atoms with Crippen LogP contribution in [-0.2, 0) is 0 Å². The van der Waals surface area contributed by atoms with Gasteiger partial charge in [-0.05, 0) is 34.7 Å². The van der Waals surface area contributed by atoms with Crippen LogP contribution in [0.1, 0.15) is 31.2 Å². The first-order valence-corrected chi connectivity index (χ1v) is 4.78. The van der Waals surface area contributed by atoms with Gasteiger partial charge < -0.3 is 0 Å². The lowest BCUT2D eigenvalue weighted by molar-refractivity contribution is 0.687. The van der Waals surface area contributed by atoms with E-state index in [1.807, 2.05) is 0 Å². The molecule has 1 rings (SSSR count). The van der Waals surface area contributed by atoms with Crippen molar-refractivity contribution in [1.82, 2.24) is 0 Å². The molecule has 0 spiro atoms. The molecule has 0 bridgehead atoms. The van der Waals surface area contributed by atoms with E-state index in [9.17, 15) is 0 Å². The number of thiophene rings is 1. The molecule has 1 aromatic heterocycles. The molecule has 58 valence electrons. The van der Waals surface area contributed by atoms with Crippen molar-refractivity contribution in [3.8, 4) is 12.3 Å². The minimum absolute atomic E-state index is 0.575. The van der Waals surface area contributed by atoms with Gasteiger partial charge in [0.1, 0.15) is 0 Å². The summed E-state index contributed by atoms with van der Waals surface area (Å²) in [4.78, 5) is 0. The molecule has 0 aliphatic heterocycles. The SMILES string of the molecule is C#CCC(CC)c1ccsc1. The second-order valence-corrected chi connectivity index (χ2v) is 3.35. The van der Waals surface area contributed by atoms with Gasteiger partial charge in [-0.1, -0.05) is 6.92 Å². The summed E-state index contributed by atoms with van der Waals surface area (Å²) in [5.74, 6) is 3.29. The topological polar surface area (TPSA) is 0 Å². The Bertz CT molecular complexity index is 228. The molecule has 0 radical (unpaired) electrons. The molecule has 11 heavy (non-hydrogen) atoms. The van der Waals surface area contributed by atoms with E-state index >= 15 is 0 Å². The Kier molecular flexibility index (Phi) is 3.19. The smallest absolute Gasteiger partial charge is 0.0155 e. The maximum atomic E-state index is 5.26. The second-order valence-electron chi connectivity index (χ2n) is 2.57. The van der Waals surface area contributed by atoms with Crippen LogP contribution in [0.4, 0.5) is 0 Å². The van der Waals surface area contributed by atoms with Gasteiger partial charge in [0.25, 0.3) is 0 Å². The van der Waals surface area contributed by atoms with E-state index in [1.165, 1.54) is 5.56 Å². The Morgan fingerprint density at radius 1 is 1.73 bits per heavy atom. The van der Waals surface area contributed by atoms with Crippen molar-refractivity contribution in [3.05, 3.63) is 22.4 Å². The lowest BCUT2D eigenvalue weighted by atomic mass is 9.96. The molecule has 1 heteroatoms. The van der Waals surface area contributed by atoms with Gasteiger partial charge in [-0.2, -0.15) is 11.3 Å². The van der Waals surface area contributed by atoms with Crippen LogP contribution >= 0.6 is 11.3 Å². The summed E-state index contributed by atoms with van der Waals surface area (Å²) < 4.78 is 0. The van der Waals surface area contributed by atoms with Gasteiger partial charge in [-0.15, -0.1) is 12.3 Å². The van der Waals surface area contributed by atoms with Crippen molar-refractivity contribution in [2.75, 3.05) is 0 Å². The number of terminal acetylenes is 1. The highest BCUT2D eigenvalue weighted by Gasteiger charge is 2.06. The Balaban J connectivity index is 2.65. The number of hydrogen-bond donors (Lipinski definition) is 0. The van der Waals surface area contributed by atoms with Gasteiger partial charge in [0, 0.05) is 6.42 Å². The molecule has 0 aliphatic carbocycles. The van der Waals surface area contributed by atoms with Crippen molar-refractivity contribution in [2.24, 2.45) is 0 Å². The Labute approximate surface area is 72.3 Å². The zero-order chi connectivity index (χ0) is 8.10. The summed E-state index contributed by atoms with van der Waals surface area (Å²) >= 11 is 1.74. The largest absolute Gasteiger partial charge is 0.152 e. The van der Waals surface area contributed by atoms with Crippen LogP contribution in [0.5, 0.6) is 0 Å². The van der Waals surface area contributed by atoms with Gasteiger partial charge in [-0.3, -0.25) is 0 Å². The lowest BCUT2D eigenvalue weighted by Crippen LogP contribution is -1.92. The van der Waals surface area contributed by atoms with E-state index in [0.29, 0.717) is 5.92 Å². The summed E-state index contributed by atoms with van der Waals surface area (Å²) in [6.07, 6.45) is 7.27. The van der Waals surface area contributed by atoms with Crippen molar-refractivity contribution < 1.29 is 0 Å². The van der Waals surface area contributed by atoms with Crippen molar-refractivity contribution in [3.63, 3.8) is 0 Å². The fourth-order valence-corrected chi connectivity index (χ4v) is 1.89.